The molecule has 1 aromatic rings. The highest BCUT2D eigenvalue weighted by molar-refractivity contribution is 5.95. The fourth-order valence-corrected chi connectivity index (χ4v) is 2.61. The zero-order valence-electron chi connectivity index (χ0n) is 12.1. The maximum atomic E-state index is 12.3. The summed E-state index contributed by atoms with van der Waals surface area (Å²) >= 11 is 0. The van der Waals surface area contributed by atoms with Gasteiger partial charge in [0.25, 0.3) is 5.91 Å². The third kappa shape index (κ3) is 3.28. The van der Waals surface area contributed by atoms with Crippen LogP contribution in [0.25, 0.3) is 0 Å². The minimum absolute atomic E-state index is 0.0499. The van der Waals surface area contributed by atoms with E-state index < -0.39 is 0 Å². The summed E-state index contributed by atoms with van der Waals surface area (Å²) in [5.41, 5.74) is 3.22. The summed E-state index contributed by atoms with van der Waals surface area (Å²) in [6.07, 6.45) is 3.17. The van der Waals surface area contributed by atoms with Crippen LogP contribution < -0.4 is 10.6 Å². The Kier molecular flexibility index (Phi) is 4.46. The summed E-state index contributed by atoms with van der Waals surface area (Å²) in [7, 11) is 0. The molecule has 1 aromatic carbocycles. The third-order valence-corrected chi connectivity index (χ3v) is 3.87. The van der Waals surface area contributed by atoms with Gasteiger partial charge in [0.1, 0.15) is 0 Å². The first-order valence-corrected chi connectivity index (χ1v) is 7.29. The van der Waals surface area contributed by atoms with Crippen LogP contribution in [0.4, 0.5) is 5.69 Å². The lowest BCUT2D eigenvalue weighted by molar-refractivity contribution is 0.0924. The van der Waals surface area contributed by atoms with Crippen LogP contribution >= 0.6 is 0 Å². The molecular formula is C16H24N2O. The van der Waals surface area contributed by atoms with Crippen LogP contribution in [0, 0.1) is 5.92 Å². The van der Waals surface area contributed by atoms with Crippen molar-refractivity contribution in [2.24, 2.45) is 5.92 Å². The predicted octanol–water partition coefficient (Wildman–Crippen LogP) is 3.21. The molecule has 1 aliphatic rings. The summed E-state index contributed by atoms with van der Waals surface area (Å²) in [6.45, 7) is 7.43. The number of amides is 1. The van der Waals surface area contributed by atoms with Crippen LogP contribution in [-0.4, -0.2) is 18.5 Å². The molecule has 0 aliphatic carbocycles. The maximum Gasteiger partial charge on any atom is 0.251 e. The van der Waals surface area contributed by atoms with Gasteiger partial charge in [-0.25, -0.2) is 0 Å². The first-order valence-electron chi connectivity index (χ1n) is 7.29. The van der Waals surface area contributed by atoms with E-state index in [9.17, 15) is 4.79 Å². The van der Waals surface area contributed by atoms with Crippen molar-refractivity contribution in [1.29, 1.82) is 0 Å². The fraction of sp³-hybridized carbons (Fsp3) is 0.562. The van der Waals surface area contributed by atoms with Gasteiger partial charge in [-0.2, -0.15) is 0 Å². The molecule has 0 radical (unpaired) electrons. The molecule has 3 nitrogen and oxygen atoms in total. The van der Waals surface area contributed by atoms with Gasteiger partial charge in [-0.3, -0.25) is 4.79 Å². The molecule has 19 heavy (non-hydrogen) atoms. The van der Waals surface area contributed by atoms with E-state index in [1.54, 1.807) is 0 Å². The van der Waals surface area contributed by atoms with Crippen LogP contribution in [-0.2, 0) is 6.42 Å². The molecule has 0 spiro atoms. The van der Waals surface area contributed by atoms with Crippen LogP contribution in [0.1, 0.15) is 49.5 Å². The third-order valence-electron chi connectivity index (χ3n) is 3.87. The monoisotopic (exact) mass is 260 g/mol. The quantitative estimate of drug-likeness (QED) is 0.872. The van der Waals surface area contributed by atoms with Gasteiger partial charge in [-0.1, -0.05) is 20.8 Å². The first-order chi connectivity index (χ1) is 9.11. The molecule has 1 aliphatic heterocycles. The van der Waals surface area contributed by atoms with E-state index in [-0.39, 0.29) is 11.9 Å². The predicted molar refractivity (Wildman–Crippen MR) is 79.6 cm³/mol. The van der Waals surface area contributed by atoms with Gasteiger partial charge in [0.05, 0.1) is 0 Å². The Morgan fingerprint density at radius 2 is 2.21 bits per heavy atom. The van der Waals surface area contributed by atoms with Crippen molar-refractivity contribution in [2.75, 3.05) is 11.9 Å². The Hall–Kier alpha value is -1.51. The number of benzene rings is 1. The van der Waals surface area contributed by atoms with Gasteiger partial charge >= 0.3 is 0 Å². The highest BCUT2D eigenvalue weighted by Gasteiger charge is 2.17. The second kappa shape index (κ2) is 6.09. The number of fused-ring (bicyclic) bond motifs is 1. The number of anilines is 1. The van der Waals surface area contributed by atoms with Gasteiger partial charge < -0.3 is 10.6 Å². The van der Waals surface area contributed by atoms with E-state index in [1.165, 1.54) is 11.3 Å². The Bertz CT molecular complexity index is 454. The Labute approximate surface area is 115 Å². The molecule has 2 N–H and O–H groups in total. The molecule has 1 atom stereocenters. The Balaban J connectivity index is 2.11. The number of carbonyl (C=O) groups excluding carboxylic acids is 1. The zero-order chi connectivity index (χ0) is 13.8. The Morgan fingerprint density at radius 3 is 2.89 bits per heavy atom. The molecule has 2 rings (SSSR count). The summed E-state index contributed by atoms with van der Waals surface area (Å²) in [4.78, 5) is 12.3. The summed E-state index contributed by atoms with van der Waals surface area (Å²) in [6, 6.07) is 6.23. The second-order valence-electron chi connectivity index (χ2n) is 5.63. The first kappa shape index (κ1) is 13.9. The molecule has 0 saturated heterocycles. The normalized spacial score (nSPS) is 15.6. The molecule has 1 amide bonds. The van der Waals surface area contributed by atoms with Crippen molar-refractivity contribution < 1.29 is 4.79 Å². The molecular weight excluding hydrogens is 236 g/mol. The SMILES string of the molecule is CCC(NC(=O)c1ccc2c(c1)CCCN2)C(C)C. The standard InChI is InChI=1S/C16H24N2O/c1-4-14(11(2)3)18-16(19)13-7-8-15-12(10-13)6-5-9-17-15/h7-8,10-11,14,17H,4-6,9H2,1-3H3,(H,18,19). The van der Waals surface area contributed by atoms with Gasteiger partial charge in [-0.15, -0.1) is 0 Å². The van der Waals surface area contributed by atoms with E-state index in [1.807, 2.05) is 18.2 Å². The number of aryl methyl sites for hydroxylation is 1. The molecule has 1 unspecified atom stereocenters. The topological polar surface area (TPSA) is 41.1 Å². The van der Waals surface area contributed by atoms with Crippen LogP contribution in [0.5, 0.6) is 0 Å². The van der Waals surface area contributed by atoms with Crippen molar-refractivity contribution in [3.05, 3.63) is 29.3 Å². The van der Waals surface area contributed by atoms with Crippen molar-refractivity contribution in [3.63, 3.8) is 0 Å². The average Bonchev–Trinajstić information content (AvgIpc) is 2.43. The maximum absolute atomic E-state index is 12.3. The molecule has 0 aromatic heterocycles. The van der Waals surface area contributed by atoms with Crippen molar-refractivity contribution >= 4 is 11.6 Å². The number of carbonyl (C=O) groups is 1. The molecule has 0 saturated carbocycles. The van der Waals surface area contributed by atoms with Gasteiger partial charge in [-0.05, 0) is 48.9 Å². The van der Waals surface area contributed by atoms with E-state index in [2.05, 4.69) is 31.4 Å². The minimum atomic E-state index is 0.0499. The lowest BCUT2D eigenvalue weighted by atomic mass is 9.99. The van der Waals surface area contributed by atoms with E-state index in [4.69, 9.17) is 0 Å². The summed E-state index contributed by atoms with van der Waals surface area (Å²) < 4.78 is 0. The lowest BCUT2D eigenvalue weighted by Crippen LogP contribution is -2.38. The summed E-state index contributed by atoms with van der Waals surface area (Å²) in [5.74, 6) is 0.516. The molecule has 0 fully saturated rings. The number of hydrogen-bond donors (Lipinski definition) is 2. The zero-order valence-corrected chi connectivity index (χ0v) is 12.1. The minimum Gasteiger partial charge on any atom is -0.385 e. The van der Waals surface area contributed by atoms with Crippen molar-refractivity contribution in [3.8, 4) is 0 Å². The Morgan fingerprint density at radius 1 is 1.42 bits per heavy atom. The number of nitrogens with one attached hydrogen (secondary N) is 2. The summed E-state index contributed by atoms with van der Waals surface area (Å²) in [5, 5.41) is 6.50. The largest absolute Gasteiger partial charge is 0.385 e. The fourth-order valence-electron chi connectivity index (χ4n) is 2.61. The number of rotatable bonds is 4. The van der Waals surface area contributed by atoms with Gasteiger partial charge in [0, 0.05) is 23.8 Å². The second-order valence-corrected chi connectivity index (χ2v) is 5.63. The molecule has 0 bridgehead atoms. The highest BCUT2D eigenvalue weighted by atomic mass is 16.1. The average molecular weight is 260 g/mol. The van der Waals surface area contributed by atoms with Gasteiger partial charge in [0.2, 0.25) is 0 Å². The van der Waals surface area contributed by atoms with Crippen LogP contribution in [0.2, 0.25) is 0 Å². The van der Waals surface area contributed by atoms with Crippen LogP contribution in [0.3, 0.4) is 0 Å². The highest BCUT2D eigenvalue weighted by Crippen LogP contribution is 2.23. The molecule has 104 valence electrons. The molecule has 3 heteroatoms. The van der Waals surface area contributed by atoms with Crippen molar-refractivity contribution in [1.82, 2.24) is 5.32 Å². The van der Waals surface area contributed by atoms with E-state index in [0.717, 1.165) is 31.4 Å². The molecule has 1 heterocycles. The van der Waals surface area contributed by atoms with E-state index >= 15 is 0 Å². The van der Waals surface area contributed by atoms with Crippen LogP contribution in [0.15, 0.2) is 18.2 Å². The van der Waals surface area contributed by atoms with E-state index in [0.29, 0.717) is 5.92 Å². The van der Waals surface area contributed by atoms with Crippen molar-refractivity contribution in [2.45, 2.75) is 46.1 Å². The van der Waals surface area contributed by atoms with Gasteiger partial charge in [0.15, 0.2) is 0 Å². The lowest BCUT2D eigenvalue weighted by Gasteiger charge is -2.22. The number of hydrogen-bond acceptors (Lipinski definition) is 2. The smallest absolute Gasteiger partial charge is 0.251 e.